The van der Waals surface area contributed by atoms with Gasteiger partial charge in [0.2, 0.25) is 0 Å². The highest BCUT2D eigenvalue weighted by Crippen LogP contribution is 2.16. The van der Waals surface area contributed by atoms with E-state index in [2.05, 4.69) is 10.0 Å². The molecule has 1 saturated heterocycles. The molecule has 2 atom stereocenters. The maximum absolute atomic E-state index is 8.09. The largest absolute Gasteiger partial charge is 0.353 e. The summed E-state index contributed by atoms with van der Waals surface area (Å²) in [5.74, 6) is 0. The van der Waals surface area contributed by atoms with Gasteiger partial charge in [-0.3, -0.25) is 0 Å². The normalized spacial score (nSPS) is 23.9. The molecule has 14 heavy (non-hydrogen) atoms. The molecular formula is C9H17N3O2. The van der Waals surface area contributed by atoms with Crippen molar-refractivity contribution in [3.63, 3.8) is 0 Å². The zero-order valence-corrected chi connectivity index (χ0v) is 8.56. The van der Waals surface area contributed by atoms with Gasteiger partial charge in [-0.1, -0.05) is 5.11 Å². The average molecular weight is 199 g/mol. The fourth-order valence-electron chi connectivity index (χ4n) is 1.43. The van der Waals surface area contributed by atoms with Crippen LogP contribution in [-0.2, 0) is 9.47 Å². The summed E-state index contributed by atoms with van der Waals surface area (Å²) < 4.78 is 11.1. The zero-order chi connectivity index (χ0) is 10.2. The van der Waals surface area contributed by atoms with Crippen molar-refractivity contribution in [1.82, 2.24) is 0 Å². The van der Waals surface area contributed by atoms with E-state index in [-0.39, 0.29) is 12.4 Å². The first-order chi connectivity index (χ1) is 6.83. The topological polar surface area (TPSA) is 67.2 Å². The minimum absolute atomic E-state index is 0.0511. The molecule has 0 amide bonds. The molecular weight excluding hydrogens is 182 g/mol. The first-order valence-electron chi connectivity index (χ1n) is 5.11. The summed E-state index contributed by atoms with van der Waals surface area (Å²) >= 11 is 0. The van der Waals surface area contributed by atoms with Crippen LogP contribution < -0.4 is 0 Å². The third-order valence-corrected chi connectivity index (χ3v) is 2.22. The van der Waals surface area contributed by atoms with Gasteiger partial charge < -0.3 is 9.47 Å². The summed E-state index contributed by atoms with van der Waals surface area (Å²) in [6, 6.07) is 0. The first-order valence-corrected chi connectivity index (χ1v) is 5.11. The summed E-state index contributed by atoms with van der Waals surface area (Å²) in [6.07, 6.45) is 4.09. The van der Waals surface area contributed by atoms with Gasteiger partial charge in [-0.25, -0.2) is 0 Å². The number of azide groups is 1. The minimum Gasteiger partial charge on any atom is -0.353 e. The fraction of sp³-hybridized carbons (Fsp3) is 1.00. The van der Waals surface area contributed by atoms with E-state index in [0.29, 0.717) is 6.54 Å². The Bertz CT molecular complexity index is 198. The smallest absolute Gasteiger partial charge is 0.157 e. The quantitative estimate of drug-likeness (QED) is 0.388. The predicted molar refractivity (Wildman–Crippen MR) is 52.8 cm³/mol. The van der Waals surface area contributed by atoms with Gasteiger partial charge in [0.25, 0.3) is 0 Å². The molecule has 0 radical (unpaired) electrons. The molecule has 0 saturated carbocycles. The molecule has 80 valence electrons. The SMILES string of the molecule is C[C@@H](CCN=[N+]=[N-])OC1CCCCO1. The van der Waals surface area contributed by atoms with Crippen molar-refractivity contribution in [1.29, 1.82) is 0 Å². The molecule has 0 spiro atoms. The molecule has 1 fully saturated rings. The molecule has 1 aliphatic rings. The summed E-state index contributed by atoms with van der Waals surface area (Å²) in [5.41, 5.74) is 8.09. The van der Waals surface area contributed by atoms with Crippen LogP contribution in [0.3, 0.4) is 0 Å². The Morgan fingerprint density at radius 1 is 1.64 bits per heavy atom. The van der Waals surface area contributed by atoms with Crippen LogP contribution >= 0.6 is 0 Å². The van der Waals surface area contributed by atoms with Crippen LogP contribution in [0, 0.1) is 0 Å². The molecule has 5 heteroatoms. The second kappa shape index (κ2) is 6.65. The minimum atomic E-state index is -0.0511. The first kappa shape index (κ1) is 11.3. The van der Waals surface area contributed by atoms with Gasteiger partial charge in [0, 0.05) is 18.1 Å². The highest BCUT2D eigenvalue weighted by atomic mass is 16.7. The zero-order valence-electron chi connectivity index (χ0n) is 8.56. The molecule has 0 aromatic heterocycles. The van der Waals surface area contributed by atoms with Gasteiger partial charge in [-0.15, -0.1) is 0 Å². The lowest BCUT2D eigenvalue weighted by Gasteiger charge is -2.25. The lowest BCUT2D eigenvalue weighted by molar-refractivity contribution is -0.184. The van der Waals surface area contributed by atoms with Crippen LogP contribution in [-0.4, -0.2) is 25.5 Å². The van der Waals surface area contributed by atoms with Crippen molar-refractivity contribution < 1.29 is 9.47 Å². The number of hydrogen-bond acceptors (Lipinski definition) is 3. The van der Waals surface area contributed by atoms with Gasteiger partial charge in [0.05, 0.1) is 6.10 Å². The van der Waals surface area contributed by atoms with Gasteiger partial charge in [-0.05, 0) is 38.1 Å². The van der Waals surface area contributed by atoms with Gasteiger partial charge >= 0.3 is 0 Å². The monoisotopic (exact) mass is 199 g/mol. The molecule has 0 aromatic rings. The van der Waals surface area contributed by atoms with E-state index >= 15 is 0 Å². The van der Waals surface area contributed by atoms with Crippen molar-refractivity contribution in [3.05, 3.63) is 10.4 Å². The Morgan fingerprint density at radius 3 is 3.14 bits per heavy atom. The van der Waals surface area contributed by atoms with Crippen LogP contribution in [0.25, 0.3) is 10.4 Å². The lowest BCUT2D eigenvalue weighted by atomic mass is 10.2. The molecule has 1 rings (SSSR count). The molecule has 0 aliphatic carbocycles. The van der Waals surface area contributed by atoms with Crippen molar-refractivity contribution >= 4 is 0 Å². The highest BCUT2D eigenvalue weighted by molar-refractivity contribution is 4.59. The summed E-state index contributed by atoms with van der Waals surface area (Å²) in [5, 5.41) is 3.46. The Hall–Kier alpha value is -0.770. The molecule has 5 nitrogen and oxygen atoms in total. The second-order valence-electron chi connectivity index (χ2n) is 3.49. The lowest BCUT2D eigenvalue weighted by Crippen LogP contribution is -2.26. The van der Waals surface area contributed by atoms with Gasteiger partial charge in [-0.2, -0.15) is 0 Å². The van der Waals surface area contributed by atoms with Crippen LogP contribution in [0.1, 0.15) is 32.6 Å². The van der Waals surface area contributed by atoms with E-state index in [4.69, 9.17) is 15.0 Å². The van der Waals surface area contributed by atoms with Crippen molar-refractivity contribution in [2.24, 2.45) is 5.11 Å². The molecule has 1 unspecified atom stereocenters. The maximum Gasteiger partial charge on any atom is 0.157 e. The van der Waals surface area contributed by atoms with Crippen LogP contribution in [0.15, 0.2) is 5.11 Å². The summed E-state index contributed by atoms with van der Waals surface area (Å²) in [7, 11) is 0. The van der Waals surface area contributed by atoms with Crippen LogP contribution in [0.2, 0.25) is 0 Å². The number of rotatable bonds is 5. The van der Waals surface area contributed by atoms with Crippen molar-refractivity contribution in [2.75, 3.05) is 13.2 Å². The van der Waals surface area contributed by atoms with Gasteiger partial charge in [0.1, 0.15) is 0 Å². The molecule has 0 bridgehead atoms. The molecule has 1 aliphatic heterocycles. The van der Waals surface area contributed by atoms with E-state index in [1.165, 1.54) is 6.42 Å². The molecule has 0 aromatic carbocycles. The maximum atomic E-state index is 8.09. The van der Waals surface area contributed by atoms with Gasteiger partial charge in [0.15, 0.2) is 6.29 Å². The Morgan fingerprint density at radius 2 is 2.50 bits per heavy atom. The molecule has 1 heterocycles. The van der Waals surface area contributed by atoms with E-state index in [9.17, 15) is 0 Å². The number of hydrogen-bond donors (Lipinski definition) is 0. The number of ether oxygens (including phenoxy) is 2. The van der Waals surface area contributed by atoms with Crippen LogP contribution in [0.5, 0.6) is 0 Å². The third kappa shape index (κ3) is 4.46. The van der Waals surface area contributed by atoms with E-state index < -0.39 is 0 Å². The summed E-state index contributed by atoms with van der Waals surface area (Å²) in [4.78, 5) is 2.69. The third-order valence-electron chi connectivity index (χ3n) is 2.22. The summed E-state index contributed by atoms with van der Waals surface area (Å²) in [6.45, 7) is 3.27. The number of nitrogens with zero attached hydrogens (tertiary/aromatic N) is 3. The Labute approximate surface area is 84.0 Å². The second-order valence-corrected chi connectivity index (χ2v) is 3.49. The van der Waals surface area contributed by atoms with Crippen molar-refractivity contribution in [2.45, 2.75) is 45.0 Å². The Balaban J connectivity index is 2.11. The molecule has 0 N–H and O–H groups in total. The van der Waals surface area contributed by atoms with Crippen LogP contribution in [0.4, 0.5) is 0 Å². The standard InChI is InChI=1S/C9H17N3O2/c1-8(5-6-11-12-10)14-9-4-2-3-7-13-9/h8-9H,2-7H2,1H3/t8-,9?/m0/s1. The highest BCUT2D eigenvalue weighted by Gasteiger charge is 2.16. The Kier molecular flexibility index (Phi) is 5.37. The average Bonchev–Trinajstić information content (AvgIpc) is 2.20. The van der Waals surface area contributed by atoms with Crippen molar-refractivity contribution in [3.8, 4) is 0 Å². The van der Waals surface area contributed by atoms with E-state index in [1.807, 2.05) is 6.92 Å². The van der Waals surface area contributed by atoms with E-state index in [1.54, 1.807) is 0 Å². The van der Waals surface area contributed by atoms with E-state index in [0.717, 1.165) is 25.9 Å². The predicted octanol–water partition coefficient (Wildman–Crippen LogP) is 2.62. The fourth-order valence-corrected chi connectivity index (χ4v) is 1.43.